The highest BCUT2D eigenvalue weighted by Gasteiger charge is 2.34. The highest BCUT2D eigenvalue weighted by atomic mass is 35.5. The third kappa shape index (κ3) is 4.43. The first-order valence-electron chi connectivity index (χ1n) is 11.5. The molecule has 0 bridgehead atoms. The lowest BCUT2D eigenvalue weighted by Crippen LogP contribution is -2.36. The maximum Gasteiger partial charge on any atom is 0.416 e. The standard InChI is InChI=1S/C27H26ClF3N2O/c1-4-17-8-6-9-18(5-2)25(17)22-15-21(28)24(16(3)32-22)26(34)33-13-7-10-19-11-12-20(14-23(19)33)27(29,30)31/h6,8-9,11-12,14-15H,4-5,7,10,13H2,1-3H3. The van der Waals surface area contributed by atoms with Crippen LogP contribution in [-0.4, -0.2) is 17.4 Å². The normalized spacial score (nSPS) is 13.7. The number of hydrogen-bond donors (Lipinski definition) is 0. The van der Waals surface area contributed by atoms with E-state index in [0.29, 0.717) is 30.8 Å². The molecule has 4 rings (SSSR count). The molecule has 0 aliphatic carbocycles. The molecule has 2 aromatic carbocycles. The van der Waals surface area contributed by atoms with Gasteiger partial charge in [-0.1, -0.05) is 49.7 Å². The van der Waals surface area contributed by atoms with Gasteiger partial charge in [0.15, 0.2) is 0 Å². The van der Waals surface area contributed by atoms with E-state index >= 15 is 0 Å². The minimum Gasteiger partial charge on any atom is -0.308 e. The topological polar surface area (TPSA) is 33.2 Å². The molecule has 178 valence electrons. The van der Waals surface area contributed by atoms with Crippen LogP contribution in [0.2, 0.25) is 5.02 Å². The summed E-state index contributed by atoms with van der Waals surface area (Å²) in [5, 5.41) is 0.250. The van der Waals surface area contributed by atoms with Crippen molar-refractivity contribution in [2.24, 2.45) is 0 Å². The molecule has 2 heterocycles. The van der Waals surface area contributed by atoms with Gasteiger partial charge in [0.1, 0.15) is 0 Å². The van der Waals surface area contributed by atoms with Crippen molar-refractivity contribution in [3.8, 4) is 11.3 Å². The van der Waals surface area contributed by atoms with E-state index in [9.17, 15) is 18.0 Å². The van der Waals surface area contributed by atoms with Crippen LogP contribution < -0.4 is 4.90 Å². The largest absolute Gasteiger partial charge is 0.416 e. The first-order chi connectivity index (χ1) is 16.2. The van der Waals surface area contributed by atoms with E-state index < -0.39 is 17.6 Å². The molecule has 1 aliphatic rings. The van der Waals surface area contributed by atoms with Gasteiger partial charge in [0.2, 0.25) is 0 Å². The maximum absolute atomic E-state index is 13.6. The lowest BCUT2D eigenvalue weighted by molar-refractivity contribution is -0.137. The molecule has 1 amide bonds. The summed E-state index contributed by atoms with van der Waals surface area (Å²) < 4.78 is 40.0. The molecular formula is C27H26ClF3N2O. The lowest BCUT2D eigenvalue weighted by Gasteiger charge is -2.31. The summed E-state index contributed by atoms with van der Waals surface area (Å²) in [5.74, 6) is -0.429. The average Bonchev–Trinajstić information content (AvgIpc) is 2.81. The number of pyridine rings is 1. The van der Waals surface area contributed by atoms with Crippen molar-refractivity contribution in [1.29, 1.82) is 0 Å². The number of fused-ring (bicyclic) bond motifs is 1. The summed E-state index contributed by atoms with van der Waals surface area (Å²) in [6, 6.07) is 11.4. The second-order valence-corrected chi connectivity index (χ2v) is 8.92. The van der Waals surface area contributed by atoms with Gasteiger partial charge in [0, 0.05) is 17.8 Å². The predicted octanol–water partition coefficient (Wildman–Crippen LogP) is 7.45. The SMILES string of the molecule is CCc1cccc(CC)c1-c1cc(Cl)c(C(=O)N2CCCc3ccc(C(F)(F)F)cc32)c(C)n1. The quantitative estimate of drug-likeness (QED) is 0.383. The van der Waals surface area contributed by atoms with Crippen LogP contribution in [0, 0.1) is 6.92 Å². The minimum absolute atomic E-state index is 0.225. The second kappa shape index (κ2) is 9.41. The zero-order chi connectivity index (χ0) is 24.6. The predicted molar refractivity (Wildman–Crippen MR) is 130 cm³/mol. The number of carbonyl (C=O) groups excluding carboxylic acids is 1. The van der Waals surface area contributed by atoms with E-state index in [1.54, 1.807) is 13.0 Å². The van der Waals surface area contributed by atoms with E-state index in [4.69, 9.17) is 16.6 Å². The second-order valence-electron chi connectivity index (χ2n) is 8.51. The molecule has 1 aromatic heterocycles. The Kier molecular flexibility index (Phi) is 6.72. The first kappa shape index (κ1) is 24.3. The van der Waals surface area contributed by atoms with Gasteiger partial charge < -0.3 is 4.90 Å². The summed E-state index contributed by atoms with van der Waals surface area (Å²) in [4.78, 5) is 19.7. The van der Waals surface area contributed by atoms with E-state index in [0.717, 1.165) is 47.2 Å². The summed E-state index contributed by atoms with van der Waals surface area (Å²) in [7, 11) is 0. The molecule has 0 unspecified atom stereocenters. The van der Waals surface area contributed by atoms with Gasteiger partial charge in [-0.2, -0.15) is 13.2 Å². The Morgan fingerprint density at radius 2 is 1.76 bits per heavy atom. The molecule has 7 heteroatoms. The number of carbonyl (C=O) groups is 1. The summed E-state index contributed by atoms with van der Waals surface area (Å²) in [6.07, 6.45) is -1.55. The zero-order valence-corrected chi connectivity index (χ0v) is 20.1. The Morgan fingerprint density at radius 3 is 2.35 bits per heavy atom. The van der Waals surface area contributed by atoms with Gasteiger partial charge in [-0.25, -0.2) is 0 Å². The number of benzene rings is 2. The number of aromatic nitrogens is 1. The van der Waals surface area contributed by atoms with Crippen LogP contribution in [0.3, 0.4) is 0 Å². The third-order valence-corrected chi connectivity index (χ3v) is 6.70. The van der Waals surface area contributed by atoms with Crippen molar-refractivity contribution in [1.82, 2.24) is 4.98 Å². The number of amides is 1. The molecule has 3 aromatic rings. The van der Waals surface area contributed by atoms with Crippen molar-refractivity contribution < 1.29 is 18.0 Å². The van der Waals surface area contributed by atoms with Gasteiger partial charge >= 0.3 is 6.18 Å². The highest BCUT2D eigenvalue weighted by Crippen LogP contribution is 2.38. The van der Waals surface area contributed by atoms with Crippen LogP contribution in [0.4, 0.5) is 18.9 Å². The number of aryl methyl sites for hydroxylation is 4. The lowest BCUT2D eigenvalue weighted by atomic mass is 9.94. The van der Waals surface area contributed by atoms with Crippen molar-refractivity contribution in [2.45, 2.75) is 52.6 Å². The Hall–Kier alpha value is -2.86. The van der Waals surface area contributed by atoms with Gasteiger partial charge in [0.05, 0.1) is 27.5 Å². The Labute approximate surface area is 202 Å². The van der Waals surface area contributed by atoms with Crippen LogP contribution in [0.15, 0.2) is 42.5 Å². The van der Waals surface area contributed by atoms with Crippen LogP contribution >= 0.6 is 11.6 Å². The fourth-order valence-electron chi connectivity index (χ4n) is 4.69. The molecule has 0 saturated carbocycles. The van der Waals surface area contributed by atoms with Crippen molar-refractivity contribution in [3.63, 3.8) is 0 Å². The molecule has 0 fully saturated rings. The van der Waals surface area contributed by atoms with Crippen molar-refractivity contribution in [2.75, 3.05) is 11.4 Å². The smallest absolute Gasteiger partial charge is 0.308 e. The molecule has 0 N–H and O–H groups in total. The first-order valence-corrected chi connectivity index (χ1v) is 11.8. The molecular weight excluding hydrogens is 461 g/mol. The van der Waals surface area contributed by atoms with Crippen molar-refractivity contribution in [3.05, 3.63) is 81.0 Å². The number of hydrogen-bond acceptors (Lipinski definition) is 2. The van der Waals surface area contributed by atoms with Gasteiger partial charge in [0.25, 0.3) is 5.91 Å². The zero-order valence-electron chi connectivity index (χ0n) is 19.4. The van der Waals surface area contributed by atoms with E-state index in [2.05, 4.69) is 26.0 Å². The average molecular weight is 487 g/mol. The number of anilines is 1. The summed E-state index contributed by atoms with van der Waals surface area (Å²) in [5.41, 5.74) is 4.93. The van der Waals surface area contributed by atoms with E-state index in [-0.39, 0.29) is 16.3 Å². The Morgan fingerprint density at radius 1 is 1.09 bits per heavy atom. The highest BCUT2D eigenvalue weighted by molar-refractivity contribution is 6.35. The van der Waals surface area contributed by atoms with Gasteiger partial charge in [-0.15, -0.1) is 0 Å². The summed E-state index contributed by atoms with van der Waals surface area (Å²) in [6.45, 7) is 6.20. The molecule has 3 nitrogen and oxygen atoms in total. The molecule has 0 atom stereocenters. The number of halogens is 4. The monoisotopic (exact) mass is 486 g/mol. The summed E-state index contributed by atoms with van der Waals surface area (Å²) >= 11 is 6.65. The van der Waals surface area contributed by atoms with Crippen molar-refractivity contribution >= 4 is 23.2 Å². The third-order valence-electron chi connectivity index (χ3n) is 6.40. The molecule has 0 spiro atoms. The van der Waals surface area contributed by atoms with Crippen LogP contribution in [-0.2, 0) is 25.4 Å². The molecule has 0 radical (unpaired) electrons. The fraction of sp³-hybridized carbons (Fsp3) is 0.333. The van der Waals surface area contributed by atoms with Crippen LogP contribution in [0.1, 0.15) is 58.6 Å². The van der Waals surface area contributed by atoms with E-state index in [1.807, 2.05) is 6.07 Å². The van der Waals surface area contributed by atoms with Crippen LogP contribution in [0.25, 0.3) is 11.3 Å². The molecule has 34 heavy (non-hydrogen) atoms. The number of rotatable bonds is 4. The number of alkyl halides is 3. The van der Waals surface area contributed by atoms with Gasteiger partial charge in [-0.3, -0.25) is 9.78 Å². The maximum atomic E-state index is 13.6. The van der Waals surface area contributed by atoms with E-state index in [1.165, 1.54) is 11.0 Å². The Bertz CT molecular complexity index is 1210. The van der Waals surface area contributed by atoms with Gasteiger partial charge in [-0.05, 0) is 67.5 Å². The minimum atomic E-state index is -4.48. The molecule has 0 saturated heterocycles. The molecule has 1 aliphatic heterocycles. The number of nitrogens with zero attached hydrogens (tertiary/aromatic N) is 2. The van der Waals surface area contributed by atoms with Crippen LogP contribution in [0.5, 0.6) is 0 Å². The Balaban J connectivity index is 1.78. The fourth-order valence-corrected chi connectivity index (χ4v) is 5.01.